The minimum absolute atomic E-state index is 0.771. The van der Waals surface area contributed by atoms with Gasteiger partial charge in [0.1, 0.15) is 11.5 Å². The van der Waals surface area contributed by atoms with Crippen molar-refractivity contribution in [3.63, 3.8) is 0 Å². The number of rotatable bonds is 7. The summed E-state index contributed by atoms with van der Waals surface area (Å²) in [4.78, 5) is 4.64. The second kappa shape index (κ2) is 9.37. The van der Waals surface area contributed by atoms with E-state index in [0.717, 1.165) is 45.6 Å². The Morgan fingerprint density at radius 2 is 1.63 bits per heavy atom. The highest BCUT2D eigenvalue weighted by molar-refractivity contribution is 7.14. The normalized spacial score (nSPS) is 11.3. The Bertz CT molecular complexity index is 1120. The molecule has 0 saturated heterocycles. The Morgan fingerprint density at radius 3 is 2.33 bits per heavy atom. The molecule has 4 nitrogen and oxygen atoms in total. The zero-order chi connectivity index (χ0) is 20.8. The lowest BCUT2D eigenvalue weighted by molar-refractivity contribution is 0.482. The Hall–Kier alpha value is -3.44. The van der Waals surface area contributed by atoms with Gasteiger partial charge in [0, 0.05) is 10.9 Å². The van der Waals surface area contributed by atoms with Crippen molar-refractivity contribution < 1.29 is 4.74 Å². The number of ether oxygens (including phenoxy) is 1. The summed E-state index contributed by atoms with van der Waals surface area (Å²) in [5.41, 5.74) is 8.38. The summed E-state index contributed by atoms with van der Waals surface area (Å²) in [7, 11) is 0. The molecule has 4 aromatic rings. The van der Waals surface area contributed by atoms with E-state index in [1.807, 2.05) is 66.9 Å². The van der Waals surface area contributed by atoms with Crippen LogP contribution < -0.4 is 10.2 Å². The number of aromatic nitrogens is 1. The number of hydrogen-bond donors (Lipinski definition) is 1. The number of thiazole rings is 1. The highest BCUT2D eigenvalue weighted by Crippen LogP contribution is 2.26. The third-order valence-corrected chi connectivity index (χ3v) is 5.48. The van der Waals surface area contributed by atoms with E-state index in [-0.39, 0.29) is 0 Å². The first-order chi connectivity index (χ1) is 14.7. The van der Waals surface area contributed by atoms with Crippen molar-refractivity contribution in [1.82, 2.24) is 4.98 Å². The zero-order valence-corrected chi connectivity index (χ0v) is 17.8. The maximum atomic E-state index is 5.84. The van der Waals surface area contributed by atoms with Crippen LogP contribution in [0, 0.1) is 0 Å². The van der Waals surface area contributed by atoms with Gasteiger partial charge in [-0.3, -0.25) is 5.43 Å². The van der Waals surface area contributed by atoms with Crippen molar-refractivity contribution in [2.75, 3.05) is 5.43 Å². The van der Waals surface area contributed by atoms with Crippen molar-refractivity contribution in [1.29, 1.82) is 0 Å². The molecule has 0 saturated carbocycles. The minimum Gasteiger partial charge on any atom is -0.457 e. The lowest BCUT2D eigenvalue weighted by Gasteiger charge is -2.06. The van der Waals surface area contributed by atoms with Crippen LogP contribution in [-0.2, 0) is 6.42 Å². The van der Waals surface area contributed by atoms with Gasteiger partial charge in [0.15, 0.2) is 0 Å². The second-order valence-electron chi connectivity index (χ2n) is 6.84. The second-order valence-corrected chi connectivity index (χ2v) is 7.69. The van der Waals surface area contributed by atoms with Crippen LogP contribution in [0.5, 0.6) is 11.5 Å². The average molecular weight is 414 g/mol. The molecule has 0 bridgehead atoms. The fourth-order valence-electron chi connectivity index (χ4n) is 2.95. The van der Waals surface area contributed by atoms with E-state index in [9.17, 15) is 0 Å². The smallest absolute Gasteiger partial charge is 0.203 e. The molecule has 0 aliphatic carbocycles. The third kappa shape index (κ3) is 4.93. The van der Waals surface area contributed by atoms with Crippen LogP contribution in [0.15, 0.2) is 89.3 Å². The monoisotopic (exact) mass is 413 g/mol. The molecule has 0 amide bonds. The molecule has 0 fully saturated rings. The van der Waals surface area contributed by atoms with Crippen molar-refractivity contribution >= 4 is 22.2 Å². The quantitative estimate of drug-likeness (QED) is 0.262. The van der Waals surface area contributed by atoms with E-state index in [0.29, 0.717) is 0 Å². The molecule has 1 aromatic heterocycles. The summed E-state index contributed by atoms with van der Waals surface area (Å²) >= 11 is 1.55. The lowest BCUT2D eigenvalue weighted by Crippen LogP contribution is -1.99. The molecule has 1 heterocycles. The van der Waals surface area contributed by atoms with Crippen LogP contribution in [0.1, 0.15) is 25.0 Å². The van der Waals surface area contributed by atoms with Gasteiger partial charge in [0.25, 0.3) is 0 Å². The van der Waals surface area contributed by atoms with Crippen LogP contribution >= 0.6 is 11.3 Å². The number of aryl methyl sites for hydroxylation is 1. The van der Waals surface area contributed by atoms with Crippen LogP contribution in [0.2, 0.25) is 0 Å². The predicted octanol–water partition coefficient (Wildman–Crippen LogP) is 7.00. The topological polar surface area (TPSA) is 46.5 Å². The Morgan fingerprint density at radius 1 is 0.933 bits per heavy atom. The Labute approximate surface area is 180 Å². The molecular weight excluding hydrogens is 390 g/mol. The van der Waals surface area contributed by atoms with Crippen LogP contribution in [0.3, 0.4) is 0 Å². The van der Waals surface area contributed by atoms with Gasteiger partial charge in [-0.15, -0.1) is 11.3 Å². The number of benzene rings is 3. The van der Waals surface area contributed by atoms with Crippen molar-refractivity contribution in [2.24, 2.45) is 5.10 Å². The number of nitrogens with one attached hydrogen (secondary N) is 1. The molecular formula is C25H23N3OS. The molecule has 0 spiro atoms. The first-order valence-electron chi connectivity index (χ1n) is 9.90. The molecule has 4 rings (SSSR count). The standard InChI is InChI=1S/C25H23N3OS/c1-3-19-9-11-21(12-10-19)24-17-30-25(26-24)28-27-18(2)20-13-15-23(16-14-20)29-22-7-5-4-6-8-22/h4-17H,3H2,1-2H3,(H,26,28)/b27-18-. The summed E-state index contributed by atoms with van der Waals surface area (Å²) < 4.78 is 5.84. The fourth-order valence-corrected chi connectivity index (χ4v) is 3.62. The molecule has 0 aliphatic rings. The summed E-state index contributed by atoms with van der Waals surface area (Å²) in [6, 6.07) is 26.2. The van der Waals surface area contributed by atoms with Gasteiger partial charge in [-0.05, 0) is 60.9 Å². The van der Waals surface area contributed by atoms with Crippen molar-refractivity contribution in [2.45, 2.75) is 20.3 Å². The van der Waals surface area contributed by atoms with Gasteiger partial charge < -0.3 is 4.74 Å². The molecule has 0 unspecified atom stereocenters. The van der Waals surface area contributed by atoms with Crippen LogP contribution in [-0.4, -0.2) is 10.7 Å². The van der Waals surface area contributed by atoms with Crippen molar-refractivity contribution in [3.8, 4) is 22.8 Å². The lowest BCUT2D eigenvalue weighted by atomic mass is 10.1. The first kappa shape index (κ1) is 19.9. The molecule has 1 N–H and O–H groups in total. The number of hydrogen-bond acceptors (Lipinski definition) is 5. The van der Waals surface area contributed by atoms with Crippen LogP contribution in [0.25, 0.3) is 11.3 Å². The number of anilines is 1. The van der Waals surface area contributed by atoms with Gasteiger partial charge >= 0.3 is 0 Å². The van der Waals surface area contributed by atoms with E-state index in [4.69, 9.17) is 4.74 Å². The van der Waals surface area contributed by atoms with E-state index >= 15 is 0 Å². The largest absolute Gasteiger partial charge is 0.457 e. The van der Waals surface area contributed by atoms with Gasteiger partial charge in [-0.2, -0.15) is 5.10 Å². The molecule has 0 radical (unpaired) electrons. The molecule has 0 atom stereocenters. The molecule has 3 aromatic carbocycles. The molecule has 5 heteroatoms. The average Bonchev–Trinajstić information content (AvgIpc) is 3.28. The number of nitrogens with zero attached hydrogens (tertiary/aromatic N) is 2. The molecule has 150 valence electrons. The summed E-state index contributed by atoms with van der Waals surface area (Å²) in [5.74, 6) is 1.62. The van der Waals surface area contributed by atoms with E-state index in [1.165, 1.54) is 5.56 Å². The maximum Gasteiger partial charge on any atom is 0.203 e. The van der Waals surface area contributed by atoms with Gasteiger partial charge in [-0.25, -0.2) is 4.98 Å². The van der Waals surface area contributed by atoms with E-state index in [1.54, 1.807) is 11.3 Å². The third-order valence-electron chi connectivity index (χ3n) is 4.73. The van der Waals surface area contributed by atoms with Gasteiger partial charge in [-0.1, -0.05) is 49.4 Å². The van der Waals surface area contributed by atoms with Crippen LogP contribution in [0.4, 0.5) is 5.13 Å². The summed E-state index contributed by atoms with van der Waals surface area (Å²) in [5, 5.41) is 7.30. The summed E-state index contributed by atoms with van der Waals surface area (Å²) in [6.45, 7) is 4.13. The van der Waals surface area contributed by atoms with Gasteiger partial charge in [0.05, 0.1) is 11.4 Å². The van der Waals surface area contributed by atoms with Gasteiger partial charge in [0.2, 0.25) is 5.13 Å². The Kier molecular flexibility index (Phi) is 6.20. The SMILES string of the molecule is CCc1ccc(-c2csc(N/N=C(/C)c3ccc(Oc4ccccc4)cc3)n2)cc1. The van der Waals surface area contributed by atoms with E-state index < -0.39 is 0 Å². The fraction of sp³-hybridized carbons (Fsp3) is 0.120. The zero-order valence-electron chi connectivity index (χ0n) is 17.0. The number of hydrazone groups is 1. The molecule has 0 aliphatic heterocycles. The highest BCUT2D eigenvalue weighted by Gasteiger charge is 2.05. The minimum atomic E-state index is 0.771. The first-order valence-corrected chi connectivity index (χ1v) is 10.8. The highest BCUT2D eigenvalue weighted by atomic mass is 32.1. The Balaban J connectivity index is 1.39. The predicted molar refractivity (Wildman–Crippen MR) is 126 cm³/mol. The maximum absolute atomic E-state index is 5.84. The van der Waals surface area contributed by atoms with Crippen molar-refractivity contribution in [3.05, 3.63) is 95.4 Å². The summed E-state index contributed by atoms with van der Waals surface area (Å²) in [6.07, 6.45) is 1.04. The van der Waals surface area contributed by atoms with E-state index in [2.05, 4.69) is 46.7 Å². The number of para-hydroxylation sites is 1. The molecule has 30 heavy (non-hydrogen) atoms.